The van der Waals surface area contributed by atoms with Crippen molar-refractivity contribution in [1.82, 2.24) is 9.97 Å². The smallest absolute Gasteiger partial charge is 0.248 e. The Kier molecular flexibility index (Phi) is 4.99. The molecule has 0 saturated heterocycles. The van der Waals surface area contributed by atoms with Crippen LogP contribution in [0, 0.1) is 12.7 Å². The van der Waals surface area contributed by atoms with Gasteiger partial charge < -0.3 is 20.6 Å². The van der Waals surface area contributed by atoms with Crippen LogP contribution in [-0.2, 0) is 0 Å². The molecule has 4 N–H and O–H groups in total. The molecule has 134 valence electrons. The van der Waals surface area contributed by atoms with E-state index >= 15 is 0 Å². The number of nitrogen functional groups attached to an aromatic ring is 1. The summed E-state index contributed by atoms with van der Waals surface area (Å²) in [7, 11) is 0. The summed E-state index contributed by atoms with van der Waals surface area (Å²) in [5, 5.41) is 8.99. The van der Waals surface area contributed by atoms with Crippen molar-refractivity contribution in [3.63, 3.8) is 0 Å². The molecule has 2 aromatic heterocycles. The number of nitrogens with zero attached hydrogens (tertiary/aromatic N) is 1. The highest BCUT2D eigenvalue weighted by Crippen LogP contribution is 2.32. The van der Waals surface area contributed by atoms with Gasteiger partial charge in [0.25, 0.3) is 0 Å². The van der Waals surface area contributed by atoms with Crippen molar-refractivity contribution in [2.45, 2.75) is 6.92 Å². The average Bonchev–Trinajstić information content (AvgIpc) is 2.62. The van der Waals surface area contributed by atoms with Crippen molar-refractivity contribution in [2.75, 3.05) is 18.9 Å². The summed E-state index contributed by atoms with van der Waals surface area (Å²) in [4.78, 5) is 18.5. The van der Waals surface area contributed by atoms with Crippen molar-refractivity contribution in [1.29, 1.82) is 0 Å². The van der Waals surface area contributed by atoms with E-state index in [0.29, 0.717) is 22.4 Å². The van der Waals surface area contributed by atoms with Crippen LogP contribution >= 0.6 is 0 Å². The van der Waals surface area contributed by atoms with Gasteiger partial charge in [-0.15, -0.1) is 0 Å². The Bertz CT molecular complexity index is 1000. The van der Waals surface area contributed by atoms with Crippen LogP contribution in [0.3, 0.4) is 0 Å². The number of aromatic amines is 1. The third-order valence-corrected chi connectivity index (χ3v) is 3.87. The summed E-state index contributed by atoms with van der Waals surface area (Å²) in [6.45, 7) is 1.70. The average molecular weight is 355 g/mol. The van der Waals surface area contributed by atoms with Gasteiger partial charge >= 0.3 is 0 Å². The zero-order chi connectivity index (χ0) is 18.7. The molecule has 0 bridgehead atoms. The number of anilines is 1. The zero-order valence-corrected chi connectivity index (χ0v) is 14.1. The molecule has 6 nitrogen and oxygen atoms in total. The first-order valence-electron chi connectivity index (χ1n) is 7.99. The maximum absolute atomic E-state index is 13.7. The monoisotopic (exact) mass is 355 g/mol. The summed E-state index contributed by atoms with van der Waals surface area (Å²) in [6, 6.07) is 9.53. The minimum absolute atomic E-state index is 0.0398. The van der Waals surface area contributed by atoms with Gasteiger partial charge in [0, 0.05) is 23.9 Å². The molecule has 0 atom stereocenters. The van der Waals surface area contributed by atoms with E-state index < -0.39 is 5.82 Å². The highest BCUT2D eigenvalue weighted by Gasteiger charge is 2.12. The summed E-state index contributed by atoms with van der Waals surface area (Å²) >= 11 is 0. The quantitative estimate of drug-likeness (QED) is 0.611. The van der Waals surface area contributed by atoms with E-state index in [9.17, 15) is 9.18 Å². The number of pyridine rings is 2. The molecule has 0 aliphatic rings. The SMILES string of the molecule is Cc1cc(F)c(N)cc1-c1cc(OCCO)nc(-c2cc[nH]c(=O)c2)c1. The number of aliphatic hydroxyl groups is 1. The molecule has 0 aliphatic carbocycles. The van der Waals surface area contributed by atoms with Crippen molar-refractivity contribution >= 4 is 5.69 Å². The second kappa shape index (κ2) is 7.37. The van der Waals surface area contributed by atoms with Crippen LogP contribution < -0.4 is 16.0 Å². The van der Waals surface area contributed by atoms with E-state index in [1.54, 1.807) is 31.2 Å². The molecule has 26 heavy (non-hydrogen) atoms. The van der Waals surface area contributed by atoms with Crippen molar-refractivity contribution in [3.05, 3.63) is 64.3 Å². The van der Waals surface area contributed by atoms with Gasteiger partial charge in [-0.1, -0.05) is 0 Å². The summed E-state index contributed by atoms with van der Waals surface area (Å²) in [5.74, 6) is -0.194. The minimum atomic E-state index is -0.480. The van der Waals surface area contributed by atoms with E-state index in [0.717, 1.165) is 5.56 Å². The lowest BCUT2D eigenvalue weighted by atomic mass is 9.98. The molecule has 0 saturated carbocycles. The van der Waals surface area contributed by atoms with Crippen LogP contribution in [0.4, 0.5) is 10.1 Å². The van der Waals surface area contributed by atoms with Crippen LogP contribution in [-0.4, -0.2) is 28.3 Å². The molecule has 3 rings (SSSR count). The van der Waals surface area contributed by atoms with Crippen molar-refractivity contribution < 1.29 is 14.2 Å². The second-order valence-corrected chi connectivity index (χ2v) is 5.78. The third kappa shape index (κ3) is 3.73. The lowest BCUT2D eigenvalue weighted by Crippen LogP contribution is -2.05. The van der Waals surface area contributed by atoms with Crippen LogP contribution in [0.15, 0.2) is 47.4 Å². The number of halogens is 1. The predicted octanol–water partition coefficient (Wildman–Crippen LogP) is 2.50. The summed E-state index contributed by atoms with van der Waals surface area (Å²) in [6.07, 6.45) is 1.53. The van der Waals surface area contributed by atoms with Crippen LogP contribution in [0.2, 0.25) is 0 Å². The molecular formula is C19H18FN3O3. The van der Waals surface area contributed by atoms with Gasteiger partial charge in [-0.25, -0.2) is 9.37 Å². The Morgan fingerprint density at radius 1 is 1.23 bits per heavy atom. The first-order valence-corrected chi connectivity index (χ1v) is 7.99. The van der Waals surface area contributed by atoms with Gasteiger partial charge in [0.1, 0.15) is 12.4 Å². The van der Waals surface area contributed by atoms with E-state index in [2.05, 4.69) is 9.97 Å². The molecule has 0 amide bonds. The Balaban J connectivity index is 2.17. The van der Waals surface area contributed by atoms with Gasteiger partial charge in [0.05, 0.1) is 18.0 Å². The number of aryl methyl sites for hydroxylation is 1. The maximum Gasteiger partial charge on any atom is 0.248 e. The molecule has 0 radical (unpaired) electrons. The number of benzene rings is 1. The molecule has 0 aliphatic heterocycles. The fourth-order valence-electron chi connectivity index (χ4n) is 2.64. The number of aromatic nitrogens is 2. The van der Waals surface area contributed by atoms with Crippen molar-refractivity contribution in [2.24, 2.45) is 0 Å². The maximum atomic E-state index is 13.7. The first-order chi connectivity index (χ1) is 12.5. The Morgan fingerprint density at radius 3 is 2.77 bits per heavy atom. The van der Waals surface area contributed by atoms with Gasteiger partial charge in [0.15, 0.2) is 0 Å². The molecule has 7 heteroatoms. The number of nitrogens with two attached hydrogens (primary N) is 1. The molecule has 2 heterocycles. The number of aliphatic hydroxyl groups excluding tert-OH is 1. The summed E-state index contributed by atoms with van der Waals surface area (Å²) in [5.41, 5.74) is 8.77. The molecule has 0 fully saturated rings. The Labute approximate surface area is 149 Å². The molecular weight excluding hydrogens is 337 g/mol. The molecule has 0 unspecified atom stereocenters. The van der Waals surface area contributed by atoms with Gasteiger partial charge in [-0.2, -0.15) is 0 Å². The molecule has 3 aromatic rings. The molecule has 1 aromatic carbocycles. The van der Waals surface area contributed by atoms with Crippen LogP contribution in [0.1, 0.15) is 5.56 Å². The summed E-state index contributed by atoms with van der Waals surface area (Å²) < 4.78 is 19.1. The van der Waals surface area contributed by atoms with Gasteiger partial charge in [-0.3, -0.25) is 4.79 Å². The minimum Gasteiger partial charge on any atom is -0.475 e. The number of hydrogen-bond acceptors (Lipinski definition) is 5. The number of H-pyrrole nitrogens is 1. The number of ether oxygens (including phenoxy) is 1. The van der Waals surface area contributed by atoms with E-state index in [1.807, 2.05) is 0 Å². The Morgan fingerprint density at radius 2 is 2.04 bits per heavy atom. The number of hydrogen-bond donors (Lipinski definition) is 3. The molecule has 0 spiro atoms. The standard InChI is InChI=1S/C19H18FN3O3/c1-11-6-15(20)16(21)10-14(11)13-7-17(12-2-3-22-18(25)8-12)23-19(9-13)26-5-4-24/h2-3,6-10,24H,4-5,21H2,1H3,(H,22,25). The fraction of sp³-hybridized carbons (Fsp3) is 0.158. The highest BCUT2D eigenvalue weighted by molar-refractivity contribution is 5.75. The predicted molar refractivity (Wildman–Crippen MR) is 97.4 cm³/mol. The van der Waals surface area contributed by atoms with E-state index in [-0.39, 0.29) is 30.3 Å². The largest absolute Gasteiger partial charge is 0.475 e. The van der Waals surface area contributed by atoms with E-state index in [1.165, 1.54) is 18.3 Å². The zero-order valence-electron chi connectivity index (χ0n) is 14.1. The van der Waals surface area contributed by atoms with Crippen molar-refractivity contribution in [3.8, 4) is 28.3 Å². The second-order valence-electron chi connectivity index (χ2n) is 5.78. The third-order valence-electron chi connectivity index (χ3n) is 3.87. The number of rotatable bonds is 5. The fourth-order valence-corrected chi connectivity index (χ4v) is 2.64. The topological polar surface area (TPSA) is 101 Å². The van der Waals surface area contributed by atoms with Crippen LogP contribution in [0.25, 0.3) is 22.4 Å². The van der Waals surface area contributed by atoms with Gasteiger partial charge in [-0.05, 0) is 47.9 Å². The van der Waals surface area contributed by atoms with Gasteiger partial charge in [0.2, 0.25) is 11.4 Å². The highest BCUT2D eigenvalue weighted by atomic mass is 19.1. The number of nitrogens with one attached hydrogen (secondary N) is 1. The lowest BCUT2D eigenvalue weighted by Gasteiger charge is -2.13. The first kappa shape index (κ1) is 17.6. The van der Waals surface area contributed by atoms with E-state index in [4.69, 9.17) is 15.6 Å². The normalized spacial score (nSPS) is 10.7. The lowest BCUT2D eigenvalue weighted by molar-refractivity contribution is 0.197. The Hall–Kier alpha value is -3.19. The van der Waals surface area contributed by atoms with Crippen LogP contribution in [0.5, 0.6) is 5.88 Å².